The molecule has 1 fully saturated rings. The van der Waals surface area contributed by atoms with Crippen LogP contribution in [0.5, 0.6) is 0 Å². The number of nitrogens with one attached hydrogen (secondary N) is 1. The van der Waals surface area contributed by atoms with Crippen molar-refractivity contribution in [1.29, 1.82) is 0 Å². The number of halogens is 2. The Morgan fingerprint density at radius 1 is 0.909 bits per heavy atom. The van der Waals surface area contributed by atoms with Gasteiger partial charge in [0.25, 0.3) is 5.91 Å². The van der Waals surface area contributed by atoms with E-state index in [1.165, 1.54) is 5.56 Å². The van der Waals surface area contributed by atoms with E-state index in [-0.39, 0.29) is 36.6 Å². The molecule has 1 saturated heterocycles. The van der Waals surface area contributed by atoms with E-state index in [4.69, 9.17) is 4.98 Å². The average molecular weight is 483 g/mol. The molecule has 0 aliphatic carbocycles. The predicted octanol–water partition coefficient (Wildman–Crippen LogP) is 5.07. The van der Waals surface area contributed by atoms with Crippen LogP contribution in [0.4, 0.5) is 0 Å². The molecule has 0 bridgehead atoms. The van der Waals surface area contributed by atoms with Crippen LogP contribution in [0, 0.1) is 0 Å². The molecule has 7 heteroatoms. The first-order valence-electron chi connectivity index (χ1n) is 10.9. The maximum absolute atomic E-state index is 13.9. The number of pyridine rings is 1. The molecule has 0 spiro atoms. The molecule has 5 rings (SSSR count). The molecule has 0 radical (unpaired) electrons. The second-order valence-electron chi connectivity index (χ2n) is 7.98. The Kier molecular flexibility index (Phi) is 8.14. The standard InChI is InChI=1S/C26H26N4O.2ClH/c1-19(20-9-4-2-5-10-20)25-23(26(31)29-17-15-27-16-18-29)24-22(13-8-14-28-24)30(25)21-11-6-3-7-12-21;;/h2-14,19,27H,15-18H2,1H3;2*1H. The van der Waals surface area contributed by atoms with Gasteiger partial charge in [0.1, 0.15) is 5.52 Å². The van der Waals surface area contributed by atoms with Crippen molar-refractivity contribution >= 4 is 41.8 Å². The number of para-hydroxylation sites is 1. The maximum atomic E-state index is 13.9. The van der Waals surface area contributed by atoms with Crippen molar-refractivity contribution < 1.29 is 4.79 Å². The Morgan fingerprint density at radius 2 is 1.55 bits per heavy atom. The summed E-state index contributed by atoms with van der Waals surface area (Å²) in [5.41, 5.74) is 5.67. The summed E-state index contributed by atoms with van der Waals surface area (Å²) in [5.74, 6) is 0.0927. The number of hydrogen-bond acceptors (Lipinski definition) is 3. The minimum absolute atomic E-state index is 0. The number of rotatable bonds is 4. The molecule has 5 nitrogen and oxygen atoms in total. The van der Waals surface area contributed by atoms with Crippen molar-refractivity contribution in [3.05, 3.63) is 95.8 Å². The summed E-state index contributed by atoms with van der Waals surface area (Å²) in [6.45, 7) is 5.24. The third-order valence-electron chi connectivity index (χ3n) is 6.10. The highest BCUT2D eigenvalue weighted by Gasteiger charge is 2.31. The lowest BCUT2D eigenvalue weighted by Gasteiger charge is -2.28. The molecule has 1 unspecified atom stereocenters. The van der Waals surface area contributed by atoms with Crippen LogP contribution in [0.25, 0.3) is 16.7 Å². The highest BCUT2D eigenvalue weighted by atomic mass is 35.5. The second-order valence-corrected chi connectivity index (χ2v) is 7.98. The number of aromatic nitrogens is 2. The van der Waals surface area contributed by atoms with Gasteiger partial charge in [-0.05, 0) is 29.8 Å². The zero-order valence-electron chi connectivity index (χ0n) is 18.5. The summed E-state index contributed by atoms with van der Waals surface area (Å²) < 4.78 is 2.22. The van der Waals surface area contributed by atoms with Crippen LogP contribution >= 0.6 is 24.8 Å². The van der Waals surface area contributed by atoms with Gasteiger partial charge < -0.3 is 14.8 Å². The first-order chi connectivity index (χ1) is 15.3. The highest BCUT2D eigenvalue weighted by molar-refractivity contribution is 6.08. The molecule has 2 aromatic heterocycles. The molecule has 1 atom stereocenters. The van der Waals surface area contributed by atoms with Crippen LogP contribution in [0.15, 0.2) is 79.0 Å². The number of carbonyl (C=O) groups excluding carboxylic acids is 1. The summed E-state index contributed by atoms with van der Waals surface area (Å²) in [6, 6.07) is 24.7. The molecule has 0 saturated carbocycles. The van der Waals surface area contributed by atoms with E-state index in [9.17, 15) is 4.79 Å². The maximum Gasteiger partial charge on any atom is 0.258 e. The summed E-state index contributed by atoms with van der Waals surface area (Å²) in [5, 5.41) is 3.34. The van der Waals surface area contributed by atoms with Gasteiger partial charge in [0.2, 0.25) is 0 Å². The molecule has 2 aromatic carbocycles. The number of fused-ring (bicyclic) bond motifs is 1. The summed E-state index contributed by atoms with van der Waals surface area (Å²) in [4.78, 5) is 20.5. The number of carbonyl (C=O) groups is 1. The molecule has 1 aliphatic rings. The molecular formula is C26H28Cl2N4O. The second kappa shape index (κ2) is 10.8. The zero-order chi connectivity index (χ0) is 21.2. The fraction of sp³-hybridized carbons (Fsp3) is 0.231. The number of nitrogens with zero attached hydrogens (tertiary/aromatic N) is 3. The van der Waals surface area contributed by atoms with Gasteiger partial charge in [-0.3, -0.25) is 9.78 Å². The van der Waals surface area contributed by atoms with E-state index >= 15 is 0 Å². The van der Waals surface area contributed by atoms with Crippen LogP contribution in [-0.4, -0.2) is 46.5 Å². The Hall–Kier alpha value is -2.86. The molecule has 4 aromatic rings. The smallest absolute Gasteiger partial charge is 0.258 e. The highest BCUT2D eigenvalue weighted by Crippen LogP contribution is 2.36. The van der Waals surface area contributed by atoms with E-state index < -0.39 is 0 Å². The van der Waals surface area contributed by atoms with Crippen LogP contribution in [0.3, 0.4) is 0 Å². The largest absolute Gasteiger partial charge is 0.336 e. The van der Waals surface area contributed by atoms with Crippen LogP contribution in [0.2, 0.25) is 0 Å². The van der Waals surface area contributed by atoms with Crippen molar-refractivity contribution in [2.75, 3.05) is 26.2 Å². The van der Waals surface area contributed by atoms with Gasteiger partial charge in [-0.1, -0.05) is 55.5 Å². The van der Waals surface area contributed by atoms with E-state index in [1.807, 2.05) is 35.2 Å². The van der Waals surface area contributed by atoms with Gasteiger partial charge in [0, 0.05) is 49.7 Å². The van der Waals surface area contributed by atoms with Crippen LogP contribution in [0.1, 0.15) is 34.5 Å². The molecule has 1 N–H and O–H groups in total. The quantitative estimate of drug-likeness (QED) is 0.441. The zero-order valence-corrected chi connectivity index (χ0v) is 20.1. The first-order valence-corrected chi connectivity index (χ1v) is 10.9. The van der Waals surface area contributed by atoms with Crippen LogP contribution in [-0.2, 0) is 0 Å². The van der Waals surface area contributed by atoms with Gasteiger partial charge in [-0.2, -0.15) is 0 Å². The fourth-order valence-corrected chi connectivity index (χ4v) is 4.53. The fourth-order valence-electron chi connectivity index (χ4n) is 4.53. The van der Waals surface area contributed by atoms with Gasteiger partial charge >= 0.3 is 0 Å². The molecular weight excluding hydrogens is 455 g/mol. The monoisotopic (exact) mass is 482 g/mol. The summed E-state index contributed by atoms with van der Waals surface area (Å²) in [6.07, 6.45) is 1.78. The molecule has 1 amide bonds. The van der Waals surface area contributed by atoms with Crippen molar-refractivity contribution in [3.8, 4) is 5.69 Å². The Labute approximate surface area is 206 Å². The molecule has 33 heavy (non-hydrogen) atoms. The third-order valence-corrected chi connectivity index (χ3v) is 6.10. The molecule has 172 valence electrons. The number of benzene rings is 2. The van der Waals surface area contributed by atoms with Gasteiger partial charge in [-0.25, -0.2) is 0 Å². The Balaban J connectivity index is 0.00000153. The number of piperazine rings is 1. The normalized spacial score (nSPS) is 14.3. The van der Waals surface area contributed by atoms with Crippen molar-refractivity contribution in [1.82, 2.24) is 19.8 Å². The summed E-state index contributed by atoms with van der Waals surface area (Å²) in [7, 11) is 0. The van der Waals surface area contributed by atoms with E-state index in [0.717, 1.165) is 41.1 Å². The molecule has 1 aliphatic heterocycles. The van der Waals surface area contributed by atoms with E-state index in [1.54, 1.807) is 6.20 Å². The Morgan fingerprint density at radius 3 is 2.21 bits per heavy atom. The van der Waals surface area contributed by atoms with Crippen molar-refractivity contribution in [3.63, 3.8) is 0 Å². The third kappa shape index (κ3) is 4.62. The minimum atomic E-state index is 0. The van der Waals surface area contributed by atoms with Crippen LogP contribution < -0.4 is 5.32 Å². The number of amides is 1. The van der Waals surface area contributed by atoms with Crippen molar-refractivity contribution in [2.45, 2.75) is 12.8 Å². The average Bonchev–Trinajstić information content (AvgIpc) is 3.20. The van der Waals surface area contributed by atoms with Gasteiger partial charge in [0.05, 0.1) is 11.1 Å². The predicted molar refractivity (Wildman–Crippen MR) is 138 cm³/mol. The van der Waals surface area contributed by atoms with E-state index in [2.05, 4.69) is 59.3 Å². The van der Waals surface area contributed by atoms with E-state index in [0.29, 0.717) is 13.1 Å². The summed E-state index contributed by atoms with van der Waals surface area (Å²) >= 11 is 0. The minimum Gasteiger partial charge on any atom is -0.336 e. The molecule has 3 heterocycles. The lowest BCUT2D eigenvalue weighted by molar-refractivity contribution is 0.0736. The first kappa shape index (κ1) is 24.8. The Bertz CT molecular complexity index is 1210. The lowest BCUT2D eigenvalue weighted by atomic mass is 9.94. The van der Waals surface area contributed by atoms with Crippen molar-refractivity contribution in [2.24, 2.45) is 0 Å². The van der Waals surface area contributed by atoms with Gasteiger partial charge in [-0.15, -0.1) is 24.8 Å². The number of hydrogen-bond donors (Lipinski definition) is 1. The van der Waals surface area contributed by atoms with Gasteiger partial charge in [0.15, 0.2) is 0 Å². The SMILES string of the molecule is CC(c1ccccc1)c1c(C(=O)N2CCNCC2)c2ncccc2n1-c1ccccc1.Cl.Cl. The topological polar surface area (TPSA) is 50.2 Å². The lowest BCUT2D eigenvalue weighted by Crippen LogP contribution is -2.46.